The Morgan fingerprint density at radius 3 is 2.69 bits per heavy atom. The lowest BCUT2D eigenvalue weighted by molar-refractivity contribution is 0.102. The molecule has 1 aromatic rings. The minimum Gasteiger partial charge on any atom is -0.293 e. The molecule has 0 aliphatic heterocycles. The first-order valence-electron chi connectivity index (χ1n) is 3.30. The molecular formula is C8H4BrCl2FO. The summed E-state index contributed by atoms with van der Waals surface area (Å²) in [5.74, 6) is -1.02. The summed E-state index contributed by atoms with van der Waals surface area (Å²) in [7, 11) is 0. The summed E-state index contributed by atoms with van der Waals surface area (Å²) in [6.07, 6.45) is 0. The molecule has 0 fully saturated rings. The molecule has 5 heteroatoms. The van der Waals surface area contributed by atoms with E-state index in [1.54, 1.807) is 0 Å². The number of benzene rings is 1. The first-order valence-corrected chi connectivity index (χ1v) is 5.01. The molecule has 1 nitrogen and oxygen atoms in total. The number of carbonyl (C=O) groups is 1. The topological polar surface area (TPSA) is 17.1 Å². The van der Waals surface area contributed by atoms with Gasteiger partial charge in [-0.2, -0.15) is 0 Å². The highest BCUT2D eigenvalue weighted by molar-refractivity contribution is 9.10. The van der Waals surface area contributed by atoms with Gasteiger partial charge in [0.15, 0.2) is 5.78 Å². The predicted octanol–water partition coefficient (Wildman–Crippen LogP) is 3.66. The summed E-state index contributed by atoms with van der Waals surface area (Å²) in [5, 5.41) is -0.101. The number of hydrogen-bond donors (Lipinski definition) is 0. The van der Waals surface area contributed by atoms with E-state index in [0.29, 0.717) is 5.56 Å². The predicted molar refractivity (Wildman–Crippen MR) is 54.2 cm³/mol. The molecule has 13 heavy (non-hydrogen) atoms. The Balaban J connectivity index is 3.26. The van der Waals surface area contributed by atoms with Crippen LogP contribution in [0.15, 0.2) is 16.6 Å². The summed E-state index contributed by atoms with van der Waals surface area (Å²) in [6, 6.07) is 2.48. The van der Waals surface area contributed by atoms with Crippen molar-refractivity contribution in [2.75, 3.05) is 5.88 Å². The summed E-state index contributed by atoms with van der Waals surface area (Å²) in [4.78, 5) is 11.2. The molecule has 0 aliphatic rings. The average molecular weight is 286 g/mol. The molecule has 0 heterocycles. The van der Waals surface area contributed by atoms with E-state index in [9.17, 15) is 9.18 Å². The summed E-state index contributed by atoms with van der Waals surface area (Å²) >= 11 is 13.9. The van der Waals surface area contributed by atoms with E-state index in [1.165, 1.54) is 6.07 Å². The van der Waals surface area contributed by atoms with E-state index >= 15 is 0 Å². The van der Waals surface area contributed by atoms with Crippen molar-refractivity contribution < 1.29 is 9.18 Å². The van der Waals surface area contributed by atoms with Crippen LogP contribution < -0.4 is 0 Å². The SMILES string of the molecule is O=C(CCl)c1ccc(F)c(Cl)c1Br. The Bertz CT molecular complexity index is 354. The molecule has 0 atom stereocenters. The number of halogens is 4. The van der Waals surface area contributed by atoms with Gasteiger partial charge in [0, 0.05) is 10.0 Å². The van der Waals surface area contributed by atoms with Crippen LogP contribution in [0.2, 0.25) is 5.02 Å². The summed E-state index contributed by atoms with van der Waals surface area (Å²) in [5.41, 5.74) is 0.293. The summed E-state index contributed by atoms with van der Waals surface area (Å²) in [6.45, 7) is 0. The molecule has 0 aliphatic carbocycles. The van der Waals surface area contributed by atoms with E-state index in [0.717, 1.165) is 6.07 Å². The Morgan fingerprint density at radius 1 is 1.54 bits per heavy atom. The first kappa shape index (κ1) is 11.0. The normalized spacial score (nSPS) is 10.2. The van der Waals surface area contributed by atoms with Gasteiger partial charge in [-0.1, -0.05) is 11.6 Å². The molecule has 1 rings (SSSR count). The van der Waals surface area contributed by atoms with Gasteiger partial charge < -0.3 is 0 Å². The van der Waals surface area contributed by atoms with Crippen molar-refractivity contribution in [3.05, 3.63) is 33.0 Å². The molecule has 0 saturated heterocycles. The Labute approximate surface area is 93.0 Å². The lowest BCUT2D eigenvalue weighted by Crippen LogP contribution is -2.02. The maximum Gasteiger partial charge on any atom is 0.178 e. The number of rotatable bonds is 2. The van der Waals surface area contributed by atoms with Gasteiger partial charge in [0.2, 0.25) is 0 Å². The number of carbonyl (C=O) groups excluding carboxylic acids is 1. The molecule has 0 amide bonds. The Hall–Kier alpha value is -0.120. The molecular weight excluding hydrogens is 282 g/mol. The maximum atomic E-state index is 12.8. The highest BCUT2D eigenvalue weighted by Gasteiger charge is 2.14. The van der Waals surface area contributed by atoms with E-state index in [2.05, 4.69) is 15.9 Å². The van der Waals surface area contributed by atoms with Crippen LogP contribution in [0.1, 0.15) is 10.4 Å². The maximum absolute atomic E-state index is 12.8. The smallest absolute Gasteiger partial charge is 0.178 e. The number of alkyl halides is 1. The van der Waals surface area contributed by atoms with Gasteiger partial charge in [-0.3, -0.25) is 4.79 Å². The van der Waals surface area contributed by atoms with Crippen LogP contribution in [0.25, 0.3) is 0 Å². The van der Waals surface area contributed by atoms with Crippen molar-refractivity contribution in [1.29, 1.82) is 0 Å². The average Bonchev–Trinajstić information content (AvgIpc) is 2.13. The van der Waals surface area contributed by atoms with Crippen molar-refractivity contribution in [3.63, 3.8) is 0 Å². The molecule has 1 aromatic carbocycles. The van der Waals surface area contributed by atoms with Crippen LogP contribution >= 0.6 is 39.1 Å². The van der Waals surface area contributed by atoms with Crippen molar-refractivity contribution in [3.8, 4) is 0 Å². The number of hydrogen-bond acceptors (Lipinski definition) is 1. The molecule has 0 radical (unpaired) electrons. The zero-order chi connectivity index (χ0) is 10.0. The lowest BCUT2D eigenvalue weighted by atomic mass is 10.1. The van der Waals surface area contributed by atoms with Gasteiger partial charge in [0.25, 0.3) is 0 Å². The van der Waals surface area contributed by atoms with Gasteiger partial charge in [-0.25, -0.2) is 4.39 Å². The van der Waals surface area contributed by atoms with Crippen LogP contribution in [-0.4, -0.2) is 11.7 Å². The van der Waals surface area contributed by atoms with Crippen LogP contribution in [0.5, 0.6) is 0 Å². The fraction of sp³-hybridized carbons (Fsp3) is 0.125. The highest BCUT2D eigenvalue weighted by Crippen LogP contribution is 2.29. The monoisotopic (exact) mass is 284 g/mol. The number of ketones is 1. The van der Waals surface area contributed by atoms with Gasteiger partial charge in [-0.15, -0.1) is 11.6 Å². The third kappa shape index (κ3) is 2.22. The van der Waals surface area contributed by atoms with Crippen LogP contribution in [0, 0.1) is 5.82 Å². The van der Waals surface area contributed by atoms with Crippen molar-refractivity contribution in [2.24, 2.45) is 0 Å². The fourth-order valence-electron chi connectivity index (χ4n) is 0.813. The third-order valence-corrected chi connectivity index (χ3v) is 3.12. The van der Waals surface area contributed by atoms with Crippen LogP contribution in [-0.2, 0) is 0 Å². The second-order valence-electron chi connectivity index (χ2n) is 2.28. The van der Waals surface area contributed by atoms with E-state index in [-0.39, 0.29) is 21.2 Å². The van der Waals surface area contributed by atoms with Crippen LogP contribution in [0.4, 0.5) is 4.39 Å². The van der Waals surface area contributed by atoms with E-state index in [4.69, 9.17) is 23.2 Å². The number of Topliss-reactive ketones (excluding diaryl/α,β-unsaturated/α-hetero) is 1. The van der Waals surface area contributed by atoms with Gasteiger partial charge in [-0.05, 0) is 28.1 Å². The molecule has 0 spiro atoms. The molecule has 70 valence electrons. The van der Waals surface area contributed by atoms with Crippen LogP contribution in [0.3, 0.4) is 0 Å². The van der Waals surface area contributed by atoms with Gasteiger partial charge in [0.1, 0.15) is 5.82 Å². The Morgan fingerprint density at radius 2 is 2.15 bits per heavy atom. The largest absolute Gasteiger partial charge is 0.293 e. The van der Waals surface area contributed by atoms with Gasteiger partial charge in [0.05, 0.1) is 10.9 Å². The lowest BCUT2D eigenvalue weighted by Gasteiger charge is -2.03. The minimum atomic E-state index is -0.570. The zero-order valence-corrected chi connectivity index (χ0v) is 9.38. The molecule has 0 aromatic heterocycles. The fourth-order valence-corrected chi connectivity index (χ4v) is 1.66. The highest BCUT2D eigenvalue weighted by atomic mass is 79.9. The summed E-state index contributed by atoms with van der Waals surface area (Å²) < 4.78 is 13.1. The molecule has 0 bridgehead atoms. The molecule has 0 saturated carbocycles. The van der Waals surface area contributed by atoms with Gasteiger partial charge >= 0.3 is 0 Å². The minimum absolute atomic E-state index is 0.101. The molecule has 0 unspecified atom stereocenters. The van der Waals surface area contributed by atoms with E-state index < -0.39 is 5.82 Å². The Kier molecular flexibility index (Phi) is 3.71. The third-order valence-electron chi connectivity index (χ3n) is 1.46. The quantitative estimate of drug-likeness (QED) is 0.460. The van der Waals surface area contributed by atoms with Crippen molar-refractivity contribution >= 4 is 44.9 Å². The molecule has 0 N–H and O–H groups in total. The standard InChI is InChI=1S/C8H4BrCl2FO/c9-7-4(6(13)3-10)1-2-5(12)8(7)11/h1-2H,3H2. The van der Waals surface area contributed by atoms with Crippen molar-refractivity contribution in [1.82, 2.24) is 0 Å². The first-order chi connectivity index (χ1) is 6.07. The van der Waals surface area contributed by atoms with Crippen molar-refractivity contribution in [2.45, 2.75) is 0 Å². The zero-order valence-electron chi connectivity index (χ0n) is 6.28. The van der Waals surface area contributed by atoms with E-state index in [1.807, 2.05) is 0 Å². The second kappa shape index (κ2) is 4.40. The second-order valence-corrected chi connectivity index (χ2v) is 3.72.